The second kappa shape index (κ2) is 10.7. The van der Waals surface area contributed by atoms with E-state index in [0.717, 1.165) is 34.0 Å². The van der Waals surface area contributed by atoms with E-state index in [2.05, 4.69) is 114 Å². The molecule has 0 saturated carbocycles. The molecule has 0 aliphatic heterocycles. The highest BCUT2D eigenvalue weighted by Crippen LogP contribution is 2.48. The molecule has 0 radical (unpaired) electrons. The molecular weight excluding hydrogens is 605 g/mol. The third kappa shape index (κ3) is 4.11. The molecule has 10 rings (SSSR count). The Kier molecular flexibility index (Phi) is 6.01. The molecule has 0 aliphatic rings. The quantitative estimate of drug-likeness (QED) is 0.194. The molecule has 0 fully saturated rings. The van der Waals surface area contributed by atoms with Crippen LogP contribution in [0.4, 0.5) is 0 Å². The maximum atomic E-state index is 5.11. The van der Waals surface area contributed by atoms with Gasteiger partial charge in [-0.2, -0.15) is 0 Å². The van der Waals surface area contributed by atoms with E-state index >= 15 is 0 Å². The Morgan fingerprint density at radius 1 is 0.458 bits per heavy atom. The third-order valence-electron chi connectivity index (χ3n) is 9.27. The second-order valence-corrected chi connectivity index (χ2v) is 13.1. The SMILES string of the molecule is c1ccc(-c2ccc3c(c2)c2c4ccccc4c4sc5ccccc5c4c2n3-c2cc(-c3ccccn3)nc(-c3ccccn3)c2)cc1. The van der Waals surface area contributed by atoms with Crippen LogP contribution in [-0.4, -0.2) is 19.5 Å². The molecule has 5 aromatic carbocycles. The summed E-state index contributed by atoms with van der Waals surface area (Å²) in [6.07, 6.45) is 3.64. The molecule has 4 nitrogen and oxygen atoms in total. The van der Waals surface area contributed by atoms with Gasteiger partial charge >= 0.3 is 0 Å². The summed E-state index contributed by atoms with van der Waals surface area (Å²) in [4.78, 5) is 14.5. The Morgan fingerprint density at radius 3 is 1.81 bits per heavy atom. The lowest BCUT2D eigenvalue weighted by Gasteiger charge is -2.14. The van der Waals surface area contributed by atoms with Crippen molar-refractivity contribution in [2.45, 2.75) is 0 Å². The zero-order chi connectivity index (χ0) is 31.6. The van der Waals surface area contributed by atoms with Crippen LogP contribution in [0.25, 0.3) is 92.3 Å². The molecule has 0 N–H and O–H groups in total. The summed E-state index contributed by atoms with van der Waals surface area (Å²) >= 11 is 1.87. The van der Waals surface area contributed by atoms with E-state index in [1.807, 2.05) is 60.1 Å². The summed E-state index contributed by atoms with van der Waals surface area (Å²) in [7, 11) is 0. The van der Waals surface area contributed by atoms with E-state index in [-0.39, 0.29) is 0 Å². The monoisotopic (exact) mass is 630 g/mol. The van der Waals surface area contributed by atoms with Crippen LogP contribution in [0.2, 0.25) is 0 Å². The molecule has 0 saturated heterocycles. The maximum absolute atomic E-state index is 5.11. The minimum absolute atomic E-state index is 0.803. The van der Waals surface area contributed by atoms with Gasteiger partial charge in [0, 0.05) is 48.7 Å². The van der Waals surface area contributed by atoms with Crippen LogP contribution in [0, 0.1) is 0 Å². The molecule has 224 valence electrons. The molecule has 5 heteroatoms. The summed E-state index contributed by atoms with van der Waals surface area (Å²) in [5.41, 5.74) is 9.00. The maximum Gasteiger partial charge on any atom is 0.0915 e. The van der Waals surface area contributed by atoms with Gasteiger partial charge in [-0.05, 0) is 71.1 Å². The van der Waals surface area contributed by atoms with Gasteiger partial charge in [0.1, 0.15) is 0 Å². The highest BCUT2D eigenvalue weighted by atomic mass is 32.1. The summed E-state index contributed by atoms with van der Waals surface area (Å²) in [6.45, 7) is 0. The van der Waals surface area contributed by atoms with Crippen molar-refractivity contribution in [3.63, 3.8) is 0 Å². The summed E-state index contributed by atoms with van der Waals surface area (Å²) in [5.74, 6) is 0. The first-order valence-electron chi connectivity index (χ1n) is 16.0. The standard InChI is InChI=1S/C43H26N4S/c1-2-12-27(13-3-1)28-20-21-38-33(24-28)40-30-14-4-5-15-31(30)43-41(32-16-6-7-19-39(32)48-43)42(40)47(38)29-25-36(34-17-8-10-22-44-34)46-37(26-29)35-18-9-11-23-45-35/h1-26H. The van der Waals surface area contributed by atoms with Crippen LogP contribution >= 0.6 is 11.3 Å². The number of nitrogens with zero attached hydrogens (tertiary/aromatic N) is 4. The number of hydrogen-bond acceptors (Lipinski definition) is 4. The van der Waals surface area contributed by atoms with Gasteiger partial charge in [-0.15, -0.1) is 11.3 Å². The minimum atomic E-state index is 0.803. The van der Waals surface area contributed by atoms with E-state index < -0.39 is 0 Å². The number of pyridine rings is 3. The second-order valence-electron chi connectivity index (χ2n) is 12.0. The zero-order valence-electron chi connectivity index (χ0n) is 25.7. The number of aromatic nitrogens is 4. The average molecular weight is 631 g/mol. The molecule has 0 unspecified atom stereocenters. The van der Waals surface area contributed by atoms with Gasteiger partial charge in [-0.3, -0.25) is 9.97 Å². The Balaban J connectivity index is 1.42. The number of hydrogen-bond donors (Lipinski definition) is 0. The highest BCUT2D eigenvalue weighted by molar-refractivity contribution is 7.27. The topological polar surface area (TPSA) is 43.6 Å². The third-order valence-corrected chi connectivity index (χ3v) is 10.5. The Hall–Kier alpha value is -6.17. The molecule has 10 aromatic rings. The van der Waals surface area contributed by atoms with E-state index in [1.54, 1.807) is 0 Å². The molecule has 0 aliphatic carbocycles. The van der Waals surface area contributed by atoms with Gasteiger partial charge in [-0.1, -0.05) is 91.0 Å². The fourth-order valence-corrected chi connectivity index (χ4v) is 8.43. The number of rotatable bonds is 4. The van der Waals surface area contributed by atoms with Crippen LogP contribution in [-0.2, 0) is 0 Å². The zero-order valence-corrected chi connectivity index (χ0v) is 26.5. The fourth-order valence-electron chi connectivity index (χ4n) is 7.18. The minimum Gasteiger partial charge on any atom is -0.308 e. The van der Waals surface area contributed by atoms with E-state index in [4.69, 9.17) is 15.0 Å². The van der Waals surface area contributed by atoms with Crippen molar-refractivity contribution in [2.75, 3.05) is 0 Å². The van der Waals surface area contributed by atoms with Crippen LogP contribution in [0.3, 0.4) is 0 Å². The smallest absolute Gasteiger partial charge is 0.0915 e. The number of benzene rings is 5. The summed E-state index contributed by atoms with van der Waals surface area (Å²) < 4.78 is 5.04. The lowest BCUT2D eigenvalue weighted by atomic mass is 9.98. The molecule has 0 atom stereocenters. The largest absolute Gasteiger partial charge is 0.308 e. The summed E-state index contributed by atoms with van der Waals surface area (Å²) in [5, 5.41) is 7.55. The van der Waals surface area contributed by atoms with Crippen molar-refractivity contribution in [3.05, 3.63) is 158 Å². The normalized spacial score (nSPS) is 11.8. The van der Waals surface area contributed by atoms with Crippen LogP contribution < -0.4 is 0 Å². The van der Waals surface area contributed by atoms with Gasteiger partial charge in [0.25, 0.3) is 0 Å². The average Bonchev–Trinajstić information content (AvgIpc) is 3.72. The first kappa shape index (κ1) is 27.0. The van der Waals surface area contributed by atoms with Gasteiger partial charge in [0.05, 0.1) is 39.5 Å². The Bertz CT molecular complexity index is 2760. The van der Waals surface area contributed by atoms with Crippen molar-refractivity contribution in [1.82, 2.24) is 19.5 Å². The molecule has 5 aromatic heterocycles. The molecule has 0 amide bonds. The molecule has 5 heterocycles. The van der Waals surface area contributed by atoms with Crippen molar-refractivity contribution >= 4 is 64.1 Å². The number of thiophene rings is 1. The predicted molar refractivity (Wildman–Crippen MR) is 201 cm³/mol. The highest BCUT2D eigenvalue weighted by Gasteiger charge is 2.23. The van der Waals surface area contributed by atoms with Crippen molar-refractivity contribution < 1.29 is 0 Å². The van der Waals surface area contributed by atoms with Crippen molar-refractivity contribution in [1.29, 1.82) is 0 Å². The van der Waals surface area contributed by atoms with E-state index in [9.17, 15) is 0 Å². The first-order chi connectivity index (χ1) is 23.8. The Labute approximate surface area is 280 Å². The number of fused-ring (bicyclic) bond motifs is 10. The van der Waals surface area contributed by atoms with E-state index in [0.29, 0.717) is 0 Å². The van der Waals surface area contributed by atoms with Crippen LogP contribution in [0.15, 0.2) is 158 Å². The molecular formula is C43H26N4S. The van der Waals surface area contributed by atoms with Crippen molar-refractivity contribution in [3.8, 4) is 39.6 Å². The fraction of sp³-hybridized carbons (Fsp3) is 0. The molecule has 48 heavy (non-hydrogen) atoms. The van der Waals surface area contributed by atoms with Gasteiger partial charge in [0.2, 0.25) is 0 Å². The van der Waals surface area contributed by atoms with Crippen LogP contribution in [0.1, 0.15) is 0 Å². The predicted octanol–water partition coefficient (Wildman–Crippen LogP) is 11.5. The van der Waals surface area contributed by atoms with Gasteiger partial charge < -0.3 is 4.57 Å². The van der Waals surface area contributed by atoms with Gasteiger partial charge in [-0.25, -0.2) is 4.98 Å². The van der Waals surface area contributed by atoms with Gasteiger partial charge in [0.15, 0.2) is 0 Å². The first-order valence-corrected chi connectivity index (χ1v) is 16.8. The lowest BCUT2D eigenvalue weighted by molar-refractivity contribution is 1.15. The molecule has 0 spiro atoms. The van der Waals surface area contributed by atoms with Crippen LogP contribution in [0.5, 0.6) is 0 Å². The summed E-state index contributed by atoms with van der Waals surface area (Å²) in [6, 6.07) is 51.5. The molecule has 0 bridgehead atoms. The van der Waals surface area contributed by atoms with Crippen molar-refractivity contribution in [2.24, 2.45) is 0 Å². The lowest BCUT2D eigenvalue weighted by Crippen LogP contribution is -2.00. The Morgan fingerprint density at radius 2 is 1.10 bits per heavy atom. The van der Waals surface area contributed by atoms with E-state index in [1.165, 1.54) is 58.4 Å².